The minimum absolute atomic E-state index is 0.142. The van der Waals surface area contributed by atoms with E-state index >= 15 is 0 Å². The molecule has 0 amide bonds. The van der Waals surface area contributed by atoms with Crippen LogP contribution in [0.5, 0.6) is 0 Å². The molecule has 0 bridgehead atoms. The van der Waals surface area contributed by atoms with Crippen LogP contribution in [0.25, 0.3) is 0 Å². The van der Waals surface area contributed by atoms with Crippen molar-refractivity contribution >= 4 is 5.69 Å². The molecule has 3 nitrogen and oxygen atoms in total. The van der Waals surface area contributed by atoms with E-state index in [-0.39, 0.29) is 18.0 Å². The number of halogens is 1. The van der Waals surface area contributed by atoms with Crippen molar-refractivity contribution in [2.24, 2.45) is 0 Å². The van der Waals surface area contributed by atoms with Crippen molar-refractivity contribution in [1.29, 1.82) is 0 Å². The van der Waals surface area contributed by atoms with Crippen LogP contribution in [0, 0.1) is 12.7 Å². The predicted octanol–water partition coefficient (Wildman–Crippen LogP) is 2.80. The van der Waals surface area contributed by atoms with Crippen LogP contribution in [0.4, 0.5) is 10.1 Å². The topological polar surface area (TPSA) is 32.7 Å². The van der Waals surface area contributed by atoms with Gasteiger partial charge in [0.15, 0.2) is 0 Å². The summed E-state index contributed by atoms with van der Waals surface area (Å²) in [4.78, 5) is 2.20. The van der Waals surface area contributed by atoms with Crippen molar-refractivity contribution in [3.05, 3.63) is 29.1 Å². The number of hydrogen-bond donors (Lipinski definition) is 1. The fourth-order valence-electron chi connectivity index (χ4n) is 2.50. The Morgan fingerprint density at radius 3 is 2.74 bits per heavy atom. The van der Waals surface area contributed by atoms with Crippen LogP contribution >= 0.6 is 0 Å². The van der Waals surface area contributed by atoms with Crippen molar-refractivity contribution in [3.8, 4) is 0 Å². The van der Waals surface area contributed by atoms with Crippen LogP contribution in [-0.4, -0.2) is 30.4 Å². The summed E-state index contributed by atoms with van der Waals surface area (Å²) >= 11 is 0. The average molecular weight is 267 g/mol. The number of hydrogen-bond acceptors (Lipinski definition) is 3. The first-order valence-electron chi connectivity index (χ1n) is 6.76. The van der Waals surface area contributed by atoms with E-state index < -0.39 is 6.10 Å². The molecule has 0 radical (unpaired) electrons. The second-order valence-corrected chi connectivity index (χ2v) is 5.48. The zero-order valence-corrected chi connectivity index (χ0v) is 12.0. The Kier molecular flexibility index (Phi) is 4.11. The molecule has 1 saturated heterocycles. The van der Waals surface area contributed by atoms with Gasteiger partial charge in [-0.1, -0.05) is 0 Å². The van der Waals surface area contributed by atoms with Crippen molar-refractivity contribution in [1.82, 2.24) is 0 Å². The van der Waals surface area contributed by atoms with Crippen LogP contribution in [0.1, 0.15) is 38.0 Å². The highest BCUT2D eigenvalue weighted by Crippen LogP contribution is 2.32. The monoisotopic (exact) mass is 267 g/mol. The highest BCUT2D eigenvalue weighted by atomic mass is 19.1. The summed E-state index contributed by atoms with van der Waals surface area (Å²) < 4.78 is 19.3. The standard InChI is InChI=1S/C15H22FNO2/c1-9-5-15(13(12(4)18)6-14(9)16)17-7-11(3)19-8-10(17)2/h5-6,10-12,18H,7-8H2,1-4H3/t10?,11?,12-/m0/s1. The lowest BCUT2D eigenvalue weighted by atomic mass is 10.0. The van der Waals surface area contributed by atoms with Gasteiger partial charge in [-0.15, -0.1) is 0 Å². The molecule has 2 unspecified atom stereocenters. The molecule has 1 aliphatic heterocycles. The van der Waals surface area contributed by atoms with Gasteiger partial charge in [0.1, 0.15) is 5.82 Å². The molecule has 1 N–H and O–H groups in total. The number of aliphatic hydroxyl groups is 1. The van der Waals surface area contributed by atoms with Crippen molar-refractivity contribution in [2.45, 2.75) is 45.9 Å². The third-order valence-electron chi connectivity index (χ3n) is 3.68. The number of benzene rings is 1. The molecule has 1 aromatic carbocycles. The summed E-state index contributed by atoms with van der Waals surface area (Å²) in [5, 5.41) is 9.88. The summed E-state index contributed by atoms with van der Waals surface area (Å²) in [6, 6.07) is 3.49. The van der Waals surface area contributed by atoms with E-state index in [1.54, 1.807) is 13.8 Å². The Hall–Kier alpha value is -1.13. The molecule has 0 saturated carbocycles. The maximum absolute atomic E-state index is 13.7. The van der Waals surface area contributed by atoms with Gasteiger partial charge in [0.25, 0.3) is 0 Å². The Balaban J connectivity index is 2.44. The molecular weight excluding hydrogens is 245 g/mol. The van der Waals surface area contributed by atoms with Gasteiger partial charge < -0.3 is 14.7 Å². The van der Waals surface area contributed by atoms with Gasteiger partial charge in [-0.25, -0.2) is 4.39 Å². The molecule has 1 heterocycles. The summed E-state index contributed by atoms with van der Waals surface area (Å²) in [5.74, 6) is -0.270. The Bertz CT molecular complexity index is 462. The van der Waals surface area contributed by atoms with Gasteiger partial charge in [-0.3, -0.25) is 0 Å². The van der Waals surface area contributed by atoms with Crippen LogP contribution in [0.2, 0.25) is 0 Å². The fraction of sp³-hybridized carbons (Fsp3) is 0.600. The maximum Gasteiger partial charge on any atom is 0.126 e. The minimum Gasteiger partial charge on any atom is -0.389 e. The molecule has 4 heteroatoms. The molecule has 0 aliphatic carbocycles. The van der Waals surface area contributed by atoms with E-state index in [2.05, 4.69) is 11.8 Å². The molecule has 1 fully saturated rings. The van der Waals surface area contributed by atoms with Crippen molar-refractivity contribution < 1.29 is 14.2 Å². The molecule has 1 aliphatic rings. The zero-order valence-electron chi connectivity index (χ0n) is 12.0. The molecular formula is C15H22FNO2. The lowest BCUT2D eigenvalue weighted by molar-refractivity contribution is 0.0341. The van der Waals surface area contributed by atoms with Crippen LogP contribution in [0.3, 0.4) is 0 Å². The quantitative estimate of drug-likeness (QED) is 0.894. The number of anilines is 1. The maximum atomic E-state index is 13.7. The van der Waals surface area contributed by atoms with E-state index in [4.69, 9.17) is 4.74 Å². The number of aryl methyl sites for hydroxylation is 1. The minimum atomic E-state index is -0.685. The lowest BCUT2D eigenvalue weighted by Gasteiger charge is -2.40. The molecule has 3 atom stereocenters. The van der Waals surface area contributed by atoms with Crippen LogP contribution in [-0.2, 0) is 4.74 Å². The van der Waals surface area contributed by atoms with E-state index in [9.17, 15) is 9.50 Å². The number of rotatable bonds is 2. The van der Waals surface area contributed by atoms with Gasteiger partial charge in [0.2, 0.25) is 0 Å². The van der Waals surface area contributed by atoms with Crippen molar-refractivity contribution in [2.75, 3.05) is 18.1 Å². The first-order valence-corrected chi connectivity index (χ1v) is 6.76. The fourth-order valence-corrected chi connectivity index (χ4v) is 2.50. The summed E-state index contributed by atoms with van der Waals surface area (Å²) in [5.41, 5.74) is 2.16. The molecule has 2 rings (SSSR count). The van der Waals surface area contributed by atoms with Crippen molar-refractivity contribution in [3.63, 3.8) is 0 Å². The molecule has 19 heavy (non-hydrogen) atoms. The first kappa shape index (κ1) is 14.3. The van der Waals surface area contributed by atoms with Gasteiger partial charge in [0.05, 0.1) is 18.8 Å². The third-order valence-corrected chi connectivity index (χ3v) is 3.68. The Labute approximate surface area is 114 Å². The van der Waals surface area contributed by atoms with E-state index in [0.29, 0.717) is 17.7 Å². The smallest absolute Gasteiger partial charge is 0.126 e. The van der Waals surface area contributed by atoms with Gasteiger partial charge in [-0.2, -0.15) is 0 Å². The van der Waals surface area contributed by atoms with E-state index in [1.807, 2.05) is 13.0 Å². The molecule has 106 valence electrons. The Morgan fingerprint density at radius 2 is 2.11 bits per heavy atom. The molecule has 0 spiro atoms. The van der Waals surface area contributed by atoms with Gasteiger partial charge in [0, 0.05) is 23.8 Å². The zero-order chi connectivity index (χ0) is 14.2. The predicted molar refractivity (Wildman–Crippen MR) is 74.0 cm³/mol. The van der Waals surface area contributed by atoms with Gasteiger partial charge >= 0.3 is 0 Å². The largest absolute Gasteiger partial charge is 0.389 e. The van der Waals surface area contributed by atoms with E-state index in [1.165, 1.54) is 6.07 Å². The van der Waals surface area contributed by atoms with E-state index in [0.717, 1.165) is 12.2 Å². The summed E-state index contributed by atoms with van der Waals surface area (Å²) in [6.07, 6.45) is -0.543. The third kappa shape index (κ3) is 2.90. The second-order valence-electron chi connectivity index (χ2n) is 5.48. The SMILES string of the molecule is Cc1cc(N2CC(C)OCC2C)c([C@H](C)O)cc1F. The lowest BCUT2D eigenvalue weighted by Crippen LogP contribution is -2.47. The number of nitrogens with zero attached hydrogens (tertiary/aromatic N) is 1. The normalized spacial score (nSPS) is 25.5. The number of morpholine rings is 1. The molecule has 1 aromatic rings. The van der Waals surface area contributed by atoms with Crippen LogP contribution < -0.4 is 4.90 Å². The van der Waals surface area contributed by atoms with Gasteiger partial charge in [-0.05, 0) is 45.4 Å². The first-order chi connectivity index (χ1) is 8.90. The second kappa shape index (κ2) is 5.47. The highest BCUT2D eigenvalue weighted by Gasteiger charge is 2.26. The average Bonchev–Trinajstić information content (AvgIpc) is 2.35. The highest BCUT2D eigenvalue weighted by molar-refractivity contribution is 5.57. The van der Waals surface area contributed by atoms with Crippen LogP contribution in [0.15, 0.2) is 12.1 Å². The number of ether oxygens (including phenoxy) is 1. The number of aliphatic hydroxyl groups excluding tert-OH is 1. The molecule has 0 aromatic heterocycles. The Morgan fingerprint density at radius 1 is 1.42 bits per heavy atom. The summed E-state index contributed by atoms with van der Waals surface area (Å²) in [6.45, 7) is 8.93. The summed E-state index contributed by atoms with van der Waals surface area (Å²) in [7, 11) is 0.